The first kappa shape index (κ1) is 15.5. The molecule has 0 saturated carbocycles. The summed E-state index contributed by atoms with van der Waals surface area (Å²) in [5, 5.41) is 1.11. The van der Waals surface area contributed by atoms with Crippen LogP contribution in [0, 0.1) is 17.4 Å². The summed E-state index contributed by atoms with van der Waals surface area (Å²) >= 11 is 13.5. The van der Waals surface area contributed by atoms with E-state index in [2.05, 4.69) is 32.6 Å². The van der Waals surface area contributed by atoms with Crippen LogP contribution in [0.15, 0.2) is 24.5 Å². The second-order valence-electron chi connectivity index (χ2n) is 3.64. The van der Waals surface area contributed by atoms with Crippen molar-refractivity contribution in [1.82, 2.24) is 9.97 Å². The minimum Gasteiger partial charge on any atom is -0.397 e. The van der Waals surface area contributed by atoms with Gasteiger partial charge < -0.3 is 5.73 Å². The maximum atomic E-state index is 5.67. The van der Waals surface area contributed by atoms with Crippen LogP contribution in [0.5, 0.6) is 0 Å². The summed E-state index contributed by atoms with van der Waals surface area (Å²) in [6.45, 7) is 3.81. The maximum Gasteiger partial charge on any atom is 0.132 e. The zero-order valence-corrected chi connectivity index (χ0v) is 13.6. The Morgan fingerprint density at radius 3 is 1.89 bits per heavy atom. The molecule has 96 valence electrons. The van der Waals surface area contributed by atoms with Crippen LogP contribution < -0.4 is 5.73 Å². The van der Waals surface area contributed by atoms with Gasteiger partial charge in [-0.1, -0.05) is 23.2 Å². The molecule has 0 aromatic carbocycles. The van der Waals surface area contributed by atoms with Crippen molar-refractivity contribution in [2.24, 2.45) is 0 Å². The summed E-state index contributed by atoms with van der Waals surface area (Å²) in [5.41, 5.74) is 8.00. The van der Waals surface area contributed by atoms with Crippen molar-refractivity contribution >= 4 is 51.5 Å². The minimum atomic E-state index is 0.518. The smallest absolute Gasteiger partial charge is 0.132 e. The van der Waals surface area contributed by atoms with E-state index in [0.717, 1.165) is 14.7 Å². The van der Waals surface area contributed by atoms with Crippen LogP contribution in [0.25, 0.3) is 0 Å². The molecule has 0 saturated heterocycles. The number of nitrogens with two attached hydrogens (primary N) is 1. The Bertz CT molecular complexity index is 497. The molecule has 2 rings (SSSR count). The molecule has 2 aromatic rings. The minimum absolute atomic E-state index is 0.518. The van der Waals surface area contributed by atoms with E-state index in [1.54, 1.807) is 12.3 Å². The Hall–Kier alpha value is -0.590. The van der Waals surface area contributed by atoms with Crippen LogP contribution >= 0.6 is 45.8 Å². The highest BCUT2D eigenvalue weighted by atomic mass is 127. The first-order valence-electron chi connectivity index (χ1n) is 5.05. The summed E-state index contributed by atoms with van der Waals surface area (Å²) in [4.78, 5) is 7.75. The number of hydrogen-bond donors (Lipinski definition) is 1. The highest BCUT2D eigenvalue weighted by molar-refractivity contribution is 14.1. The molecule has 0 aliphatic carbocycles. The molecule has 18 heavy (non-hydrogen) atoms. The fourth-order valence-corrected chi connectivity index (χ4v) is 1.92. The van der Waals surface area contributed by atoms with Crippen molar-refractivity contribution < 1.29 is 0 Å². The normalized spacial score (nSPS) is 9.61. The molecule has 0 amide bonds. The largest absolute Gasteiger partial charge is 0.397 e. The van der Waals surface area contributed by atoms with Gasteiger partial charge in [0.2, 0.25) is 0 Å². The second-order valence-corrected chi connectivity index (χ2v) is 5.60. The lowest BCUT2D eigenvalue weighted by Crippen LogP contribution is -1.87. The van der Waals surface area contributed by atoms with Crippen molar-refractivity contribution in [3.8, 4) is 0 Å². The van der Waals surface area contributed by atoms with Gasteiger partial charge in [-0.15, -0.1) is 0 Å². The molecule has 3 nitrogen and oxygen atoms in total. The van der Waals surface area contributed by atoms with E-state index in [0.29, 0.717) is 16.0 Å². The van der Waals surface area contributed by atoms with Crippen molar-refractivity contribution in [3.05, 3.63) is 49.5 Å². The predicted octanol–water partition coefficient (Wildman–Crippen LogP) is 4.27. The van der Waals surface area contributed by atoms with E-state index in [-0.39, 0.29) is 0 Å². The number of aryl methyl sites for hydroxylation is 2. The molecule has 2 N–H and O–H groups in total. The standard InChI is InChI=1S/C6H5ClIN.C6H7ClN2/c2*1-4-2-5(8)3-9-6(4)7/h2-3H,1H3;2-3H,8H2,1H3. The van der Waals surface area contributed by atoms with Crippen molar-refractivity contribution in [1.29, 1.82) is 0 Å². The number of nitrogen functional groups attached to an aromatic ring is 1. The van der Waals surface area contributed by atoms with Crippen LogP contribution in [-0.2, 0) is 0 Å². The highest BCUT2D eigenvalue weighted by Crippen LogP contribution is 2.13. The van der Waals surface area contributed by atoms with Crippen LogP contribution in [-0.4, -0.2) is 9.97 Å². The van der Waals surface area contributed by atoms with Gasteiger partial charge in [0.15, 0.2) is 0 Å². The van der Waals surface area contributed by atoms with Crippen molar-refractivity contribution in [3.63, 3.8) is 0 Å². The topological polar surface area (TPSA) is 51.8 Å². The monoisotopic (exact) mass is 395 g/mol. The SMILES string of the molecule is Cc1cc(I)cnc1Cl.Cc1cc(N)cnc1Cl. The van der Waals surface area contributed by atoms with Crippen LogP contribution in [0.4, 0.5) is 5.69 Å². The van der Waals surface area contributed by atoms with E-state index in [1.807, 2.05) is 19.9 Å². The lowest BCUT2D eigenvalue weighted by atomic mass is 10.3. The highest BCUT2D eigenvalue weighted by Gasteiger charge is 1.94. The van der Waals surface area contributed by atoms with E-state index < -0.39 is 0 Å². The summed E-state index contributed by atoms with van der Waals surface area (Å²) in [7, 11) is 0. The Labute approximate surface area is 130 Å². The zero-order chi connectivity index (χ0) is 13.7. The number of anilines is 1. The predicted molar refractivity (Wildman–Crippen MR) is 85.1 cm³/mol. The fourth-order valence-electron chi connectivity index (χ4n) is 1.10. The van der Waals surface area contributed by atoms with Gasteiger partial charge in [-0.2, -0.15) is 0 Å². The quantitative estimate of drug-likeness (QED) is 0.535. The third-order valence-corrected chi connectivity index (χ3v) is 3.40. The lowest BCUT2D eigenvalue weighted by Gasteiger charge is -1.95. The first-order chi connectivity index (χ1) is 8.40. The number of halogens is 3. The van der Waals surface area contributed by atoms with Gasteiger partial charge >= 0.3 is 0 Å². The molecule has 0 aliphatic rings. The summed E-state index contributed by atoms with van der Waals surface area (Å²) in [5.74, 6) is 0. The molecule has 0 fully saturated rings. The number of hydrogen-bond acceptors (Lipinski definition) is 3. The zero-order valence-electron chi connectivity index (χ0n) is 9.92. The molecule has 2 aromatic heterocycles. The Kier molecular flexibility index (Phi) is 6.11. The number of aromatic nitrogens is 2. The Morgan fingerprint density at radius 2 is 1.50 bits per heavy atom. The average Bonchev–Trinajstić information content (AvgIpc) is 2.30. The van der Waals surface area contributed by atoms with E-state index >= 15 is 0 Å². The number of pyridine rings is 2. The van der Waals surface area contributed by atoms with Gasteiger partial charge in [-0.05, 0) is 59.7 Å². The molecule has 0 radical (unpaired) electrons. The fraction of sp³-hybridized carbons (Fsp3) is 0.167. The van der Waals surface area contributed by atoms with Gasteiger partial charge in [0.05, 0.1) is 11.9 Å². The van der Waals surface area contributed by atoms with Gasteiger partial charge in [0.1, 0.15) is 10.3 Å². The third-order valence-electron chi connectivity index (χ3n) is 2.02. The molecule has 2 heterocycles. The Balaban J connectivity index is 0.000000180. The van der Waals surface area contributed by atoms with Gasteiger partial charge in [-0.25, -0.2) is 9.97 Å². The summed E-state index contributed by atoms with van der Waals surface area (Å²) in [6, 6.07) is 3.78. The van der Waals surface area contributed by atoms with Gasteiger partial charge in [0, 0.05) is 9.77 Å². The van der Waals surface area contributed by atoms with Crippen LogP contribution in [0.2, 0.25) is 10.3 Å². The Morgan fingerprint density at radius 1 is 1.00 bits per heavy atom. The molecule has 0 atom stereocenters. The molecular weight excluding hydrogens is 384 g/mol. The van der Waals surface area contributed by atoms with Crippen molar-refractivity contribution in [2.45, 2.75) is 13.8 Å². The van der Waals surface area contributed by atoms with Crippen LogP contribution in [0.3, 0.4) is 0 Å². The van der Waals surface area contributed by atoms with E-state index in [4.69, 9.17) is 28.9 Å². The number of rotatable bonds is 0. The molecule has 0 bridgehead atoms. The molecule has 0 unspecified atom stereocenters. The molecule has 0 aliphatic heterocycles. The number of nitrogens with zero attached hydrogens (tertiary/aromatic N) is 2. The lowest BCUT2D eigenvalue weighted by molar-refractivity contribution is 1.25. The van der Waals surface area contributed by atoms with Crippen molar-refractivity contribution in [2.75, 3.05) is 5.73 Å². The second kappa shape index (κ2) is 7.11. The van der Waals surface area contributed by atoms with Crippen LogP contribution in [0.1, 0.15) is 11.1 Å². The third kappa shape index (κ3) is 4.96. The molecular formula is C12H12Cl2IN3. The molecule has 6 heteroatoms. The molecule has 0 spiro atoms. The first-order valence-corrected chi connectivity index (χ1v) is 6.89. The van der Waals surface area contributed by atoms with Gasteiger partial charge in [0.25, 0.3) is 0 Å². The van der Waals surface area contributed by atoms with Gasteiger partial charge in [-0.3, -0.25) is 0 Å². The summed E-state index contributed by atoms with van der Waals surface area (Å²) in [6.07, 6.45) is 3.28. The average molecular weight is 396 g/mol. The van der Waals surface area contributed by atoms with E-state index in [9.17, 15) is 0 Å². The summed E-state index contributed by atoms with van der Waals surface area (Å²) < 4.78 is 1.12. The van der Waals surface area contributed by atoms with E-state index in [1.165, 1.54) is 6.20 Å². The maximum absolute atomic E-state index is 5.67.